The highest BCUT2D eigenvalue weighted by molar-refractivity contribution is 7.16. The summed E-state index contributed by atoms with van der Waals surface area (Å²) in [5.41, 5.74) is 3.60. The maximum atomic E-state index is 11.4. The normalized spacial score (nSPS) is 10.8. The highest BCUT2D eigenvalue weighted by Crippen LogP contribution is 2.30. The molecule has 0 fully saturated rings. The molecule has 4 rings (SSSR count). The summed E-state index contributed by atoms with van der Waals surface area (Å²) in [5, 5.41) is 18.1. The van der Waals surface area contributed by atoms with Crippen molar-refractivity contribution in [2.45, 2.75) is 0 Å². The second-order valence-corrected chi connectivity index (χ2v) is 7.30. The van der Waals surface area contributed by atoms with E-state index in [9.17, 15) is 10.1 Å². The minimum atomic E-state index is -0.545. The van der Waals surface area contributed by atoms with Crippen LogP contribution in [0.4, 0.5) is 28.8 Å². The summed E-state index contributed by atoms with van der Waals surface area (Å²) in [6, 6.07) is 10.4. The molecule has 2 heterocycles. The van der Waals surface area contributed by atoms with Gasteiger partial charge in [0.25, 0.3) is 0 Å². The van der Waals surface area contributed by atoms with E-state index in [1.807, 2.05) is 12.1 Å². The minimum absolute atomic E-state index is 0.0615. The monoisotopic (exact) mass is 432 g/mol. The fourth-order valence-electron chi connectivity index (χ4n) is 2.43. The Morgan fingerprint density at radius 2 is 1.79 bits per heavy atom. The minimum Gasteiger partial charge on any atom is -0.334 e. The second-order valence-electron chi connectivity index (χ2n) is 5.60. The topological polar surface area (TPSA) is 106 Å². The van der Waals surface area contributed by atoms with Gasteiger partial charge in [-0.1, -0.05) is 23.2 Å². The summed E-state index contributed by atoms with van der Waals surface area (Å²) >= 11 is 13.4. The summed E-state index contributed by atoms with van der Waals surface area (Å²) in [6.45, 7) is 0. The zero-order chi connectivity index (χ0) is 19.7. The largest absolute Gasteiger partial charge is 0.334 e. The lowest BCUT2D eigenvalue weighted by atomic mass is 10.3. The van der Waals surface area contributed by atoms with Gasteiger partial charge < -0.3 is 10.6 Å². The molecule has 0 atom stereocenters. The van der Waals surface area contributed by atoms with Gasteiger partial charge in [-0.05, 0) is 36.4 Å². The van der Waals surface area contributed by atoms with E-state index in [-0.39, 0.29) is 17.5 Å². The fourth-order valence-corrected chi connectivity index (χ4v) is 3.45. The average molecular weight is 433 g/mol. The van der Waals surface area contributed by atoms with Gasteiger partial charge in [-0.2, -0.15) is 4.98 Å². The van der Waals surface area contributed by atoms with Crippen LogP contribution < -0.4 is 10.6 Å². The summed E-state index contributed by atoms with van der Waals surface area (Å²) in [4.78, 5) is 23.3. The first kappa shape index (κ1) is 18.4. The first-order valence-corrected chi connectivity index (χ1v) is 9.47. The SMILES string of the molecule is O=[N+]([O-])c1cnc(Nc2ccc(Cl)c(Cl)c2)nc1Nc1ccc2ncsc2c1. The lowest BCUT2D eigenvalue weighted by Gasteiger charge is -2.09. The van der Waals surface area contributed by atoms with Crippen LogP contribution in [0.1, 0.15) is 0 Å². The maximum absolute atomic E-state index is 11.4. The molecule has 11 heteroatoms. The van der Waals surface area contributed by atoms with Crippen LogP contribution in [-0.4, -0.2) is 19.9 Å². The molecule has 140 valence electrons. The predicted molar refractivity (Wildman–Crippen MR) is 111 cm³/mol. The number of rotatable bonds is 5. The quantitative estimate of drug-likeness (QED) is 0.303. The number of nitrogens with zero attached hydrogens (tertiary/aromatic N) is 4. The smallest absolute Gasteiger partial charge is 0.329 e. The number of aromatic nitrogens is 3. The lowest BCUT2D eigenvalue weighted by molar-refractivity contribution is -0.384. The molecule has 0 saturated carbocycles. The fraction of sp³-hybridized carbons (Fsp3) is 0. The average Bonchev–Trinajstić information content (AvgIpc) is 3.12. The van der Waals surface area contributed by atoms with Gasteiger partial charge in [0.2, 0.25) is 11.8 Å². The molecular formula is C17H10Cl2N6O2S. The first-order chi connectivity index (χ1) is 13.5. The van der Waals surface area contributed by atoms with Gasteiger partial charge in [-0.15, -0.1) is 11.3 Å². The number of nitro groups is 1. The van der Waals surface area contributed by atoms with Crippen molar-refractivity contribution in [3.05, 3.63) is 68.3 Å². The van der Waals surface area contributed by atoms with E-state index < -0.39 is 4.92 Å². The molecule has 0 aliphatic heterocycles. The summed E-state index contributed by atoms with van der Waals surface area (Å²) in [6.07, 6.45) is 1.14. The molecule has 2 aromatic carbocycles. The van der Waals surface area contributed by atoms with Crippen molar-refractivity contribution in [1.29, 1.82) is 0 Å². The molecule has 0 bridgehead atoms. The Hall–Kier alpha value is -3.01. The summed E-state index contributed by atoms with van der Waals surface area (Å²) in [7, 11) is 0. The van der Waals surface area contributed by atoms with Crippen molar-refractivity contribution in [2.75, 3.05) is 10.6 Å². The standard InChI is InChI=1S/C17H10Cl2N6O2S/c18-11-3-1-9(5-12(11)19)23-17-20-7-14(25(26)27)16(24-17)22-10-2-4-13-15(6-10)28-8-21-13/h1-8H,(H2,20,22,23,24). The van der Waals surface area contributed by atoms with Crippen molar-refractivity contribution in [3.63, 3.8) is 0 Å². The van der Waals surface area contributed by atoms with Gasteiger partial charge in [0, 0.05) is 11.4 Å². The molecule has 8 nitrogen and oxygen atoms in total. The Bertz CT molecular complexity index is 1200. The molecule has 0 spiro atoms. The second kappa shape index (κ2) is 7.55. The van der Waals surface area contributed by atoms with Crippen molar-refractivity contribution < 1.29 is 4.92 Å². The van der Waals surface area contributed by atoms with Crippen LogP contribution in [0.2, 0.25) is 10.0 Å². The van der Waals surface area contributed by atoms with Crippen molar-refractivity contribution in [2.24, 2.45) is 0 Å². The molecular weight excluding hydrogens is 423 g/mol. The first-order valence-electron chi connectivity index (χ1n) is 7.83. The van der Waals surface area contributed by atoms with Crippen LogP contribution >= 0.6 is 34.5 Å². The van der Waals surface area contributed by atoms with E-state index in [1.165, 1.54) is 11.3 Å². The van der Waals surface area contributed by atoms with E-state index in [4.69, 9.17) is 23.2 Å². The van der Waals surface area contributed by atoms with E-state index in [0.717, 1.165) is 16.4 Å². The zero-order valence-corrected chi connectivity index (χ0v) is 16.2. The zero-order valence-electron chi connectivity index (χ0n) is 13.9. The number of hydrogen-bond acceptors (Lipinski definition) is 8. The third-order valence-corrected chi connectivity index (χ3v) is 5.27. The van der Waals surface area contributed by atoms with Gasteiger partial charge in [0.05, 0.1) is 30.7 Å². The molecule has 2 N–H and O–H groups in total. The van der Waals surface area contributed by atoms with Crippen molar-refractivity contribution in [1.82, 2.24) is 15.0 Å². The van der Waals surface area contributed by atoms with Crippen LogP contribution in [0.15, 0.2) is 48.1 Å². The Kier molecular flexibility index (Phi) is 4.95. The highest BCUT2D eigenvalue weighted by Gasteiger charge is 2.18. The molecule has 28 heavy (non-hydrogen) atoms. The van der Waals surface area contributed by atoms with E-state index in [1.54, 1.807) is 29.8 Å². The van der Waals surface area contributed by atoms with Gasteiger partial charge in [0.15, 0.2) is 0 Å². The lowest BCUT2D eigenvalue weighted by Crippen LogP contribution is -2.04. The summed E-state index contributed by atoms with van der Waals surface area (Å²) in [5.74, 6) is 0.233. The Morgan fingerprint density at radius 3 is 2.57 bits per heavy atom. The Morgan fingerprint density at radius 1 is 1.00 bits per heavy atom. The van der Waals surface area contributed by atoms with E-state index in [0.29, 0.717) is 21.4 Å². The van der Waals surface area contributed by atoms with Crippen LogP contribution in [0.25, 0.3) is 10.2 Å². The molecule has 0 saturated heterocycles. The number of halogens is 2. The maximum Gasteiger partial charge on any atom is 0.329 e. The van der Waals surface area contributed by atoms with Crippen LogP contribution in [0, 0.1) is 10.1 Å². The third kappa shape index (κ3) is 3.81. The highest BCUT2D eigenvalue weighted by atomic mass is 35.5. The summed E-state index contributed by atoms with van der Waals surface area (Å²) < 4.78 is 0.955. The van der Waals surface area contributed by atoms with Crippen LogP contribution in [0.3, 0.4) is 0 Å². The number of thiazole rings is 1. The number of benzene rings is 2. The molecule has 0 unspecified atom stereocenters. The third-order valence-electron chi connectivity index (χ3n) is 3.74. The number of nitrogens with one attached hydrogen (secondary N) is 2. The van der Waals surface area contributed by atoms with Gasteiger partial charge in [-0.25, -0.2) is 9.97 Å². The van der Waals surface area contributed by atoms with E-state index in [2.05, 4.69) is 25.6 Å². The number of fused-ring (bicyclic) bond motifs is 1. The molecule has 0 radical (unpaired) electrons. The molecule has 0 aliphatic rings. The molecule has 2 aromatic heterocycles. The Labute approximate surface area is 172 Å². The van der Waals surface area contributed by atoms with Crippen molar-refractivity contribution in [3.8, 4) is 0 Å². The van der Waals surface area contributed by atoms with Gasteiger partial charge in [0.1, 0.15) is 6.20 Å². The van der Waals surface area contributed by atoms with Gasteiger partial charge in [-0.3, -0.25) is 10.1 Å². The molecule has 0 amide bonds. The van der Waals surface area contributed by atoms with Crippen LogP contribution in [0.5, 0.6) is 0 Å². The van der Waals surface area contributed by atoms with Gasteiger partial charge >= 0.3 is 5.69 Å². The molecule has 0 aliphatic carbocycles. The number of hydrogen-bond donors (Lipinski definition) is 2. The number of anilines is 4. The predicted octanol–water partition coefficient (Wildman–Crippen LogP) is 5.79. The van der Waals surface area contributed by atoms with Crippen molar-refractivity contribution >= 4 is 73.6 Å². The molecule has 4 aromatic rings. The Balaban J connectivity index is 1.66. The van der Waals surface area contributed by atoms with Crippen LogP contribution in [-0.2, 0) is 0 Å². The van der Waals surface area contributed by atoms with E-state index >= 15 is 0 Å².